The Hall–Kier alpha value is -2.11. The van der Waals surface area contributed by atoms with E-state index in [9.17, 15) is 0 Å². The quantitative estimate of drug-likeness (QED) is 0.761. The molecule has 0 radical (unpaired) electrons. The highest BCUT2D eigenvalue weighted by Gasteiger charge is 2.19. The van der Waals surface area contributed by atoms with Crippen molar-refractivity contribution in [3.8, 4) is 11.3 Å². The van der Waals surface area contributed by atoms with E-state index in [1.807, 2.05) is 24.4 Å². The molecule has 5 nitrogen and oxygen atoms in total. The molecular weight excluding hydrogens is 322 g/mol. The number of aromatic nitrogens is 3. The number of hydrogen-bond acceptors (Lipinski definition) is 4. The summed E-state index contributed by atoms with van der Waals surface area (Å²) in [7, 11) is 2.15. The van der Waals surface area contributed by atoms with Gasteiger partial charge in [-0.2, -0.15) is 0 Å². The van der Waals surface area contributed by atoms with Crippen LogP contribution in [-0.2, 0) is 0 Å². The van der Waals surface area contributed by atoms with Crippen molar-refractivity contribution in [1.29, 1.82) is 0 Å². The first-order chi connectivity index (χ1) is 11.7. The number of anilines is 1. The van der Waals surface area contributed by atoms with Gasteiger partial charge in [0.1, 0.15) is 0 Å². The standard InChI is InChI=1S/C18H20ClN5/c1-24-8-4-5-12(11-24)22-18-21-10-15(19)17(23-18)14-9-20-16-7-3-2-6-13(14)16/h2-3,6-7,9-10,12,20H,4-5,8,11H2,1H3,(H,21,22,23). The average molecular weight is 342 g/mol. The number of H-pyrrole nitrogens is 1. The fourth-order valence-electron chi connectivity index (χ4n) is 3.36. The summed E-state index contributed by atoms with van der Waals surface area (Å²) in [5.74, 6) is 0.639. The largest absolute Gasteiger partial charge is 0.360 e. The first kappa shape index (κ1) is 15.4. The summed E-state index contributed by atoms with van der Waals surface area (Å²) < 4.78 is 0. The Kier molecular flexibility index (Phi) is 4.12. The number of nitrogens with one attached hydrogen (secondary N) is 2. The van der Waals surface area contributed by atoms with Gasteiger partial charge in [-0.3, -0.25) is 0 Å². The Bertz CT molecular complexity index is 859. The van der Waals surface area contributed by atoms with E-state index in [2.05, 4.69) is 33.3 Å². The van der Waals surface area contributed by atoms with Crippen molar-refractivity contribution in [2.24, 2.45) is 0 Å². The smallest absolute Gasteiger partial charge is 0.223 e. The van der Waals surface area contributed by atoms with E-state index in [0.717, 1.165) is 41.7 Å². The van der Waals surface area contributed by atoms with E-state index < -0.39 is 0 Å². The molecule has 24 heavy (non-hydrogen) atoms. The monoisotopic (exact) mass is 341 g/mol. The van der Waals surface area contributed by atoms with Gasteiger partial charge < -0.3 is 15.2 Å². The fourth-order valence-corrected chi connectivity index (χ4v) is 3.55. The minimum atomic E-state index is 0.376. The minimum absolute atomic E-state index is 0.376. The second-order valence-electron chi connectivity index (χ2n) is 6.38. The molecule has 0 amide bonds. The SMILES string of the molecule is CN1CCCC(Nc2ncc(Cl)c(-c3c[nH]c4ccccc34)n2)C1. The van der Waals surface area contributed by atoms with Crippen molar-refractivity contribution in [3.63, 3.8) is 0 Å². The summed E-state index contributed by atoms with van der Waals surface area (Å²) in [4.78, 5) is 14.7. The fraction of sp³-hybridized carbons (Fsp3) is 0.333. The van der Waals surface area contributed by atoms with E-state index in [1.54, 1.807) is 6.20 Å². The van der Waals surface area contributed by atoms with E-state index in [0.29, 0.717) is 17.0 Å². The van der Waals surface area contributed by atoms with Crippen molar-refractivity contribution < 1.29 is 0 Å². The number of benzene rings is 1. The van der Waals surface area contributed by atoms with Crippen LogP contribution >= 0.6 is 11.6 Å². The maximum absolute atomic E-state index is 6.38. The molecule has 2 N–H and O–H groups in total. The Morgan fingerprint density at radius 1 is 1.33 bits per heavy atom. The summed E-state index contributed by atoms with van der Waals surface area (Å²) in [6.07, 6.45) is 5.97. The zero-order chi connectivity index (χ0) is 16.5. The molecule has 2 aromatic heterocycles. The summed E-state index contributed by atoms with van der Waals surface area (Å²) in [6, 6.07) is 8.52. The number of likely N-dealkylation sites (N-methyl/N-ethyl adjacent to an activating group) is 1. The third-order valence-corrected chi connectivity index (χ3v) is 4.82. The summed E-state index contributed by atoms with van der Waals surface area (Å²) in [5, 5.41) is 5.13. The molecule has 0 spiro atoms. The number of piperidine rings is 1. The number of hydrogen-bond donors (Lipinski definition) is 2. The van der Waals surface area contributed by atoms with Crippen molar-refractivity contribution in [2.45, 2.75) is 18.9 Å². The molecule has 1 atom stereocenters. The highest BCUT2D eigenvalue weighted by Crippen LogP contribution is 2.32. The molecular formula is C18H20ClN5. The van der Waals surface area contributed by atoms with Crippen molar-refractivity contribution in [2.75, 3.05) is 25.5 Å². The van der Waals surface area contributed by atoms with Crippen LogP contribution in [0.15, 0.2) is 36.7 Å². The molecule has 6 heteroatoms. The zero-order valence-electron chi connectivity index (χ0n) is 13.6. The molecule has 1 aromatic carbocycles. The van der Waals surface area contributed by atoms with Crippen LogP contribution in [0, 0.1) is 0 Å². The van der Waals surface area contributed by atoms with Crippen LogP contribution in [0.1, 0.15) is 12.8 Å². The van der Waals surface area contributed by atoms with Crippen LogP contribution in [0.25, 0.3) is 22.2 Å². The third-order valence-electron chi connectivity index (χ3n) is 4.55. The van der Waals surface area contributed by atoms with Crippen LogP contribution < -0.4 is 5.32 Å². The molecule has 0 aliphatic carbocycles. The second-order valence-corrected chi connectivity index (χ2v) is 6.79. The van der Waals surface area contributed by atoms with Crippen LogP contribution in [0.2, 0.25) is 5.02 Å². The lowest BCUT2D eigenvalue weighted by Crippen LogP contribution is -2.40. The lowest BCUT2D eigenvalue weighted by Gasteiger charge is -2.30. The number of aromatic amines is 1. The second kappa shape index (κ2) is 6.42. The molecule has 1 aliphatic rings. The van der Waals surface area contributed by atoms with Gasteiger partial charge in [-0.05, 0) is 32.5 Å². The maximum Gasteiger partial charge on any atom is 0.223 e. The lowest BCUT2D eigenvalue weighted by atomic mass is 10.1. The molecule has 1 saturated heterocycles. The Balaban J connectivity index is 1.66. The van der Waals surface area contributed by atoms with E-state index in [4.69, 9.17) is 16.6 Å². The number of fused-ring (bicyclic) bond motifs is 1. The normalized spacial score (nSPS) is 18.8. The number of likely N-dealkylation sites (tertiary alicyclic amines) is 1. The molecule has 0 bridgehead atoms. The molecule has 0 saturated carbocycles. The summed E-state index contributed by atoms with van der Waals surface area (Å²) in [6.45, 7) is 2.16. The predicted octanol–water partition coefficient (Wildman–Crippen LogP) is 3.78. The van der Waals surface area contributed by atoms with E-state index >= 15 is 0 Å². The first-order valence-corrected chi connectivity index (χ1v) is 8.62. The molecule has 1 aliphatic heterocycles. The maximum atomic E-state index is 6.38. The molecule has 4 rings (SSSR count). The topological polar surface area (TPSA) is 56.8 Å². The van der Waals surface area contributed by atoms with Crippen molar-refractivity contribution >= 4 is 28.5 Å². The lowest BCUT2D eigenvalue weighted by molar-refractivity contribution is 0.260. The van der Waals surface area contributed by atoms with Crippen molar-refractivity contribution in [3.05, 3.63) is 41.7 Å². The van der Waals surface area contributed by atoms with Crippen LogP contribution in [0.5, 0.6) is 0 Å². The Morgan fingerprint density at radius 3 is 3.08 bits per heavy atom. The van der Waals surface area contributed by atoms with Gasteiger partial charge in [0, 0.05) is 35.2 Å². The van der Waals surface area contributed by atoms with Crippen LogP contribution in [-0.4, -0.2) is 46.0 Å². The zero-order valence-corrected chi connectivity index (χ0v) is 14.3. The average Bonchev–Trinajstić information content (AvgIpc) is 3.01. The highest BCUT2D eigenvalue weighted by molar-refractivity contribution is 6.33. The van der Waals surface area contributed by atoms with E-state index in [-0.39, 0.29) is 0 Å². The molecule has 3 heterocycles. The van der Waals surface area contributed by atoms with Gasteiger partial charge >= 0.3 is 0 Å². The Labute approximate surface area is 146 Å². The summed E-state index contributed by atoms with van der Waals surface area (Å²) >= 11 is 6.38. The molecule has 3 aromatic rings. The summed E-state index contributed by atoms with van der Waals surface area (Å²) in [5.41, 5.74) is 2.84. The predicted molar refractivity (Wildman–Crippen MR) is 98.5 cm³/mol. The molecule has 124 valence electrons. The first-order valence-electron chi connectivity index (χ1n) is 8.25. The van der Waals surface area contributed by atoms with Gasteiger partial charge in [0.25, 0.3) is 0 Å². The Morgan fingerprint density at radius 2 is 2.21 bits per heavy atom. The molecule has 1 fully saturated rings. The van der Waals surface area contributed by atoms with Gasteiger partial charge in [-0.15, -0.1) is 0 Å². The third kappa shape index (κ3) is 2.97. The minimum Gasteiger partial charge on any atom is -0.360 e. The van der Waals surface area contributed by atoms with E-state index in [1.165, 1.54) is 6.42 Å². The number of nitrogens with zero attached hydrogens (tertiary/aromatic N) is 3. The molecule has 1 unspecified atom stereocenters. The van der Waals surface area contributed by atoms with Crippen LogP contribution in [0.3, 0.4) is 0 Å². The van der Waals surface area contributed by atoms with Gasteiger partial charge in [-0.25, -0.2) is 9.97 Å². The van der Waals surface area contributed by atoms with Crippen molar-refractivity contribution in [1.82, 2.24) is 19.9 Å². The van der Waals surface area contributed by atoms with Crippen LogP contribution in [0.4, 0.5) is 5.95 Å². The van der Waals surface area contributed by atoms with Gasteiger partial charge in [0.05, 0.1) is 16.9 Å². The highest BCUT2D eigenvalue weighted by atomic mass is 35.5. The van der Waals surface area contributed by atoms with Gasteiger partial charge in [-0.1, -0.05) is 29.8 Å². The number of para-hydroxylation sites is 1. The van der Waals surface area contributed by atoms with Gasteiger partial charge in [0.15, 0.2) is 0 Å². The number of halogens is 1. The number of rotatable bonds is 3. The van der Waals surface area contributed by atoms with Gasteiger partial charge in [0.2, 0.25) is 5.95 Å².